The minimum absolute atomic E-state index is 0. The summed E-state index contributed by atoms with van der Waals surface area (Å²) in [6.45, 7) is 10.1. The largest absolute Gasteiger partial charge is 0.375 e. The molecule has 0 unspecified atom stereocenters. The molecule has 2 rings (SSSR count). The van der Waals surface area contributed by atoms with Crippen LogP contribution in [0.4, 0.5) is 0 Å². The molecule has 7 heteroatoms. The first-order chi connectivity index (χ1) is 9.20. The molecule has 0 aromatic heterocycles. The van der Waals surface area contributed by atoms with Gasteiger partial charge >= 0.3 is 0 Å². The molecule has 0 aromatic rings. The number of hydrogen-bond donors (Lipinski definition) is 2. The van der Waals surface area contributed by atoms with Crippen LogP contribution in [0, 0.1) is 0 Å². The van der Waals surface area contributed by atoms with Gasteiger partial charge < -0.3 is 15.4 Å². The average molecular weight is 340 g/mol. The van der Waals surface area contributed by atoms with Gasteiger partial charge in [-0.1, -0.05) is 6.08 Å². The van der Waals surface area contributed by atoms with Crippen LogP contribution in [-0.4, -0.2) is 61.8 Å². The van der Waals surface area contributed by atoms with Crippen molar-refractivity contribution in [2.24, 2.45) is 0 Å². The molecule has 0 aromatic carbocycles. The normalized spacial score (nSPS) is 27.1. The third-order valence-corrected chi connectivity index (χ3v) is 3.92. The summed E-state index contributed by atoms with van der Waals surface area (Å²) in [7, 11) is 0. The maximum atomic E-state index is 12.2. The van der Waals surface area contributed by atoms with Crippen LogP contribution < -0.4 is 10.6 Å². The summed E-state index contributed by atoms with van der Waals surface area (Å²) in [6, 6.07) is 0.0875. The van der Waals surface area contributed by atoms with Crippen molar-refractivity contribution in [3.05, 3.63) is 12.7 Å². The number of piperidine rings is 1. The van der Waals surface area contributed by atoms with E-state index >= 15 is 0 Å². The SMILES string of the molecule is C=CCN1CCC(NC(=O)[C@H]2NCCO[C@@H]2C)CC1.Cl.Cl. The molecular formula is C14H27Cl2N3O2. The van der Waals surface area contributed by atoms with Crippen LogP contribution in [-0.2, 0) is 9.53 Å². The van der Waals surface area contributed by atoms with E-state index in [0.29, 0.717) is 12.6 Å². The van der Waals surface area contributed by atoms with E-state index in [4.69, 9.17) is 4.74 Å². The molecule has 2 N–H and O–H groups in total. The Labute approximate surface area is 139 Å². The van der Waals surface area contributed by atoms with Crippen molar-refractivity contribution in [2.45, 2.75) is 38.0 Å². The Morgan fingerprint density at radius 3 is 2.67 bits per heavy atom. The lowest BCUT2D eigenvalue weighted by molar-refractivity contribution is -0.129. The molecule has 2 fully saturated rings. The van der Waals surface area contributed by atoms with Gasteiger partial charge in [-0.3, -0.25) is 9.69 Å². The molecule has 2 heterocycles. The third kappa shape index (κ3) is 6.12. The number of nitrogens with one attached hydrogen (secondary N) is 2. The number of hydrogen-bond acceptors (Lipinski definition) is 4. The molecule has 0 radical (unpaired) electrons. The molecule has 21 heavy (non-hydrogen) atoms. The van der Waals surface area contributed by atoms with Crippen LogP contribution in [0.3, 0.4) is 0 Å². The Hall–Kier alpha value is -0.330. The highest BCUT2D eigenvalue weighted by molar-refractivity contribution is 5.85. The Morgan fingerprint density at radius 2 is 2.10 bits per heavy atom. The van der Waals surface area contributed by atoms with Gasteiger partial charge in [0, 0.05) is 32.2 Å². The number of carbonyl (C=O) groups excluding carboxylic acids is 1. The molecule has 2 aliphatic heterocycles. The number of carbonyl (C=O) groups is 1. The van der Waals surface area contributed by atoms with Crippen molar-refractivity contribution in [3.8, 4) is 0 Å². The minimum Gasteiger partial charge on any atom is -0.375 e. The van der Waals surface area contributed by atoms with Crippen molar-refractivity contribution in [2.75, 3.05) is 32.8 Å². The van der Waals surface area contributed by atoms with Crippen molar-refractivity contribution in [1.82, 2.24) is 15.5 Å². The topological polar surface area (TPSA) is 53.6 Å². The highest BCUT2D eigenvalue weighted by Crippen LogP contribution is 2.11. The first kappa shape index (κ1) is 20.7. The number of morpholine rings is 1. The van der Waals surface area contributed by atoms with E-state index in [1.807, 2.05) is 13.0 Å². The Balaban J connectivity index is 0.00000200. The van der Waals surface area contributed by atoms with Crippen LogP contribution in [0.1, 0.15) is 19.8 Å². The lowest BCUT2D eigenvalue weighted by Crippen LogP contribution is -2.58. The van der Waals surface area contributed by atoms with Gasteiger partial charge in [0.25, 0.3) is 0 Å². The second-order valence-electron chi connectivity index (χ2n) is 5.38. The summed E-state index contributed by atoms with van der Waals surface area (Å²) >= 11 is 0. The summed E-state index contributed by atoms with van der Waals surface area (Å²) in [5, 5.41) is 6.37. The molecule has 5 nitrogen and oxygen atoms in total. The molecule has 2 saturated heterocycles. The van der Waals surface area contributed by atoms with E-state index in [1.165, 1.54) is 0 Å². The fourth-order valence-corrected chi connectivity index (χ4v) is 2.76. The summed E-state index contributed by atoms with van der Waals surface area (Å²) in [5.74, 6) is 0.0781. The number of likely N-dealkylation sites (tertiary alicyclic amines) is 1. The number of halogens is 2. The van der Waals surface area contributed by atoms with Gasteiger partial charge in [0.15, 0.2) is 0 Å². The van der Waals surface area contributed by atoms with Crippen molar-refractivity contribution in [3.63, 3.8) is 0 Å². The zero-order valence-electron chi connectivity index (χ0n) is 12.5. The highest BCUT2D eigenvalue weighted by Gasteiger charge is 2.30. The Morgan fingerprint density at radius 1 is 1.43 bits per heavy atom. The second-order valence-corrected chi connectivity index (χ2v) is 5.38. The van der Waals surface area contributed by atoms with Crippen molar-refractivity contribution >= 4 is 30.7 Å². The first-order valence-corrected chi connectivity index (χ1v) is 7.19. The van der Waals surface area contributed by atoms with Gasteiger partial charge in [0.1, 0.15) is 6.04 Å². The van der Waals surface area contributed by atoms with Gasteiger partial charge in [-0.25, -0.2) is 0 Å². The lowest BCUT2D eigenvalue weighted by Gasteiger charge is -2.34. The molecule has 2 aliphatic rings. The van der Waals surface area contributed by atoms with Crippen LogP contribution in [0.2, 0.25) is 0 Å². The molecule has 2 atom stereocenters. The second kappa shape index (κ2) is 10.4. The van der Waals surface area contributed by atoms with Crippen LogP contribution in [0.25, 0.3) is 0 Å². The summed E-state index contributed by atoms with van der Waals surface area (Å²) in [5.41, 5.74) is 0. The third-order valence-electron chi connectivity index (χ3n) is 3.92. The molecule has 0 spiro atoms. The number of rotatable bonds is 4. The van der Waals surface area contributed by atoms with E-state index in [9.17, 15) is 4.79 Å². The van der Waals surface area contributed by atoms with Crippen LogP contribution >= 0.6 is 24.8 Å². The minimum atomic E-state index is -0.208. The fraction of sp³-hybridized carbons (Fsp3) is 0.786. The van der Waals surface area contributed by atoms with Gasteiger partial charge in [-0.2, -0.15) is 0 Å². The maximum Gasteiger partial charge on any atom is 0.240 e. The van der Waals surface area contributed by atoms with E-state index in [1.54, 1.807) is 0 Å². The van der Waals surface area contributed by atoms with Crippen molar-refractivity contribution in [1.29, 1.82) is 0 Å². The van der Waals surface area contributed by atoms with Crippen molar-refractivity contribution < 1.29 is 9.53 Å². The standard InChI is InChI=1S/C14H25N3O2.2ClH/c1-3-7-17-8-4-12(5-9-17)16-14(18)13-11(2)19-10-6-15-13;;/h3,11-13,15H,1,4-10H2,2H3,(H,16,18);2*1H/t11-,13+;;/m1../s1. The summed E-state index contributed by atoms with van der Waals surface area (Å²) < 4.78 is 5.51. The summed E-state index contributed by atoms with van der Waals surface area (Å²) in [6.07, 6.45) is 3.92. The van der Waals surface area contributed by atoms with E-state index in [-0.39, 0.29) is 42.9 Å². The maximum absolute atomic E-state index is 12.2. The quantitative estimate of drug-likeness (QED) is 0.749. The van der Waals surface area contributed by atoms with Gasteiger partial charge in [-0.15, -0.1) is 31.4 Å². The number of ether oxygens (including phenoxy) is 1. The molecule has 0 saturated carbocycles. The van der Waals surface area contributed by atoms with Crippen LogP contribution in [0.15, 0.2) is 12.7 Å². The molecule has 1 amide bonds. The monoisotopic (exact) mass is 339 g/mol. The van der Waals surface area contributed by atoms with E-state index in [0.717, 1.165) is 39.0 Å². The van der Waals surface area contributed by atoms with E-state index in [2.05, 4.69) is 22.1 Å². The molecular weight excluding hydrogens is 313 g/mol. The van der Waals surface area contributed by atoms with Crippen LogP contribution in [0.5, 0.6) is 0 Å². The zero-order chi connectivity index (χ0) is 13.7. The highest BCUT2D eigenvalue weighted by atomic mass is 35.5. The Bertz CT molecular complexity index is 323. The fourth-order valence-electron chi connectivity index (χ4n) is 2.76. The number of amides is 1. The van der Waals surface area contributed by atoms with E-state index < -0.39 is 0 Å². The zero-order valence-corrected chi connectivity index (χ0v) is 14.2. The smallest absolute Gasteiger partial charge is 0.240 e. The predicted molar refractivity (Wildman–Crippen MR) is 89.5 cm³/mol. The van der Waals surface area contributed by atoms with Gasteiger partial charge in [0.2, 0.25) is 5.91 Å². The average Bonchev–Trinajstić information content (AvgIpc) is 2.42. The molecule has 0 aliphatic carbocycles. The Kier molecular flexibility index (Phi) is 10.2. The summed E-state index contributed by atoms with van der Waals surface area (Å²) in [4.78, 5) is 14.6. The predicted octanol–water partition coefficient (Wildman–Crippen LogP) is 0.974. The lowest BCUT2D eigenvalue weighted by atomic mass is 10.0. The molecule has 0 bridgehead atoms. The number of nitrogens with zero attached hydrogens (tertiary/aromatic N) is 1. The first-order valence-electron chi connectivity index (χ1n) is 7.19. The van der Waals surface area contributed by atoms with Gasteiger partial charge in [-0.05, 0) is 19.8 Å². The van der Waals surface area contributed by atoms with Gasteiger partial charge in [0.05, 0.1) is 12.7 Å². The molecule has 124 valence electrons.